The SMILES string of the molecule is O=C(O)CSCCNC(=O)C1C=CC(NC(=O)OCC2c3ccccc3-c3ccccc32)C1. The average molecular weight is 467 g/mol. The summed E-state index contributed by atoms with van der Waals surface area (Å²) in [5.74, 6) is -0.763. The number of carboxylic acids is 1. The summed E-state index contributed by atoms with van der Waals surface area (Å²) in [6.45, 7) is 0.653. The van der Waals surface area contributed by atoms with Crippen LogP contribution in [0.3, 0.4) is 0 Å². The molecule has 0 bridgehead atoms. The maximum Gasteiger partial charge on any atom is 0.407 e. The molecular weight excluding hydrogens is 440 g/mol. The number of carbonyl (C=O) groups excluding carboxylic acids is 2. The van der Waals surface area contributed by atoms with E-state index in [2.05, 4.69) is 34.9 Å². The zero-order valence-corrected chi connectivity index (χ0v) is 18.8. The Bertz CT molecular complexity index is 1020. The smallest absolute Gasteiger partial charge is 0.407 e. The molecule has 0 saturated heterocycles. The number of hydrogen-bond acceptors (Lipinski definition) is 5. The number of thioether (sulfide) groups is 1. The van der Waals surface area contributed by atoms with Gasteiger partial charge in [0.05, 0.1) is 17.7 Å². The highest BCUT2D eigenvalue weighted by molar-refractivity contribution is 7.99. The Labute approximate surface area is 196 Å². The fourth-order valence-electron chi connectivity index (χ4n) is 4.33. The molecule has 0 radical (unpaired) electrons. The van der Waals surface area contributed by atoms with Gasteiger partial charge in [-0.2, -0.15) is 0 Å². The highest BCUT2D eigenvalue weighted by atomic mass is 32.2. The summed E-state index contributed by atoms with van der Waals surface area (Å²) in [4.78, 5) is 35.2. The molecular formula is C25H26N2O5S. The van der Waals surface area contributed by atoms with Gasteiger partial charge in [0.15, 0.2) is 0 Å². The van der Waals surface area contributed by atoms with Gasteiger partial charge >= 0.3 is 12.1 Å². The van der Waals surface area contributed by atoms with Gasteiger partial charge in [-0.3, -0.25) is 9.59 Å². The first-order valence-electron chi connectivity index (χ1n) is 10.9. The van der Waals surface area contributed by atoms with Gasteiger partial charge in [0.2, 0.25) is 5.91 Å². The minimum absolute atomic E-state index is 0.000191. The molecule has 2 aromatic rings. The van der Waals surface area contributed by atoms with Crippen molar-refractivity contribution >= 4 is 29.7 Å². The number of benzene rings is 2. The van der Waals surface area contributed by atoms with Crippen molar-refractivity contribution in [1.29, 1.82) is 0 Å². The molecule has 2 unspecified atom stereocenters. The summed E-state index contributed by atoms with van der Waals surface area (Å²) >= 11 is 1.26. The molecule has 33 heavy (non-hydrogen) atoms. The minimum Gasteiger partial charge on any atom is -0.481 e. The fraction of sp³-hybridized carbons (Fsp3) is 0.320. The summed E-state index contributed by atoms with van der Waals surface area (Å²) in [6, 6.07) is 16.1. The van der Waals surface area contributed by atoms with E-state index < -0.39 is 12.1 Å². The van der Waals surface area contributed by atoms with E-state index in [9.17, 15) is 14.4 Å². The quantitative estimate of drug-likeness (QED) is 0.387. The Hall–Kier alpha value is -3.26. The summed E-state index contributed by atoms with van der Waals surface area (Å²) < 4.78 is 5.57. The first-order chi connectivity index (χ1) is 16.0. The van der Waals surface area contributed by atoms with Crippen LogP contribution >= 0.6 is 11.8 Å². The van der Waals surface area contributed by atoms with Crippen LogP contribution in [0.4, 0.5) is 4.79 Å². The lowest BCUT2D eigenvalue weighted by molar-refractivity contribution is -0.133. The van der Waals surface area contributed by atoms with Crippen molar-refractivity contribution in [3.8, 4) is 11.1 Å². The molecule has 0 aliphatic heterocycles. The van der Waals surface area contributed by atoms with Crippen LogP contribution in [0.25, 0.3) is 11.1 Å². The summed E-state index contributed by atoms with van der Waals surface area (Å²) in [7, 11) is 0. The summed E-state index contributed by atoms with van der Waals surface area (Å²) in [6.07, 6.45) is 3.56. The molecule has 4 rings (SSSR count). The van der Waals surface area contributed by atoms with Crippen molar-refractivity contribution in [2.75, 3.05) is 24.7 Å². The number of carboxylic acid groups (broad SMARTS) is 1. The van der Waals surface area contributed by atoms with E-state index in [0.29, 0.717) is 18.7 Å². The zero-order valence-electron chi connectivity index (χ0n) is 18.0. The number of nitrogens with one attached hydrogen (secondary N) is 2. The summed E-state index contributed by atoms with van der Waals surface area (Å²) in [5, 5.41) is 14.3. The minimum atomic E-state index is -0.868. The highest BCUT2D eigenvalue weighted by Crippen LogP contribution is 2.44. The van der Waals surface area contributed by atoms with Crippen LogP contribution in [0, 0.1) is 5.92 Å². The second kappa shape index (κ2) is 10.6. The van der Waals surface area contributed by atoms with Gasteiger partial charge in [0, 0.05) is 18.2 Å². The van der Waals surface area contributed by atoms with Crippen molar-refractivity contribution in [1.82, 2.24) is 10.6 Å². The van der Waals surface area contributed by atoms with Crippen LogP contribution in [0.5, 0.6) is 0 Å². The maximum atomic E-state index is 12.4. The van der Waals surface area contributed by atoms with Crippen LogP contribution in [0.2, 0.25) is 0 Å². The third-order valence-electron chi connectivity index (χ3n) is 5.84. The molecule has 2 atom stereocenters. The molecule has 8 heteroatoms. The Morgan fingerprint density at radius 2 is 1.67 bits per heavy atom. The molecule has 3 N–H and O–H groups in total. The lowest BCUT2D eigenvalue weighted by Gasteiger charge is -2.17. The van der Waals surface area contributed by atoms with Gasteiger partial charge in [-0.15, -0.1) is 11.8 Å². The number of fused-ring (bicyclic) bond motifs is 3. The first-order valence-corrected chi connectivity index (χ1v) is 12.1. The van der Waals surface area contributed by atoms with Crippen molar-refractivity contribution in [2.24, 2.45) is 5.92 Å². The van der Waals surface area contributed by atoms with E-state index >= 15 is 0 Å². The monoisotopic (exact) mass is 466 g/mol. The largest absolute Gasteiger partial charge is 0.481 e. The molecule has 0 heterocycles. The van der Waals surface area contributed by atoms with Crippen molar-refractivity contribution in [3.05, 3.63) is 71.8 Å². The number of ether oxygens (including phenoxy) is 1. The second-order valence-electron chi connectivity index (χ2n) is 8.04. The lowest BCUT2D eigenvalue weighted by Crippen LogP contribution is -2.36. The topological polar surface area (TPSA) is 105 Å². The Morgan fingerprint density at radius 1 is 1.00 bits per heavy atom. The van der Waals surface area contributed by atoms with Crippen LogP contribution in [-0.2, 0) is 14.3 Å². The number of amides is 2. The van der Waals surface area contributed by atoms with Gasteiger partial charge in [-0.05, 0) is 28.7 Å². The van der Waals surface area contributed by atoms with Crippen LogP contribution in [0.1, 0.15) is 23.5 Å². The van der Waals surface area contributed by atoms with Crippen molar-refractivity contribution in [3.63, 3.8) is 0 Å². The lowest BCUT2D eigenvalue weighted by atomic mass is 9.98. The van der Waals surface area contributed by atoms with E-state index in [1.54, 1.807) is 6.08 Å². The third kappa shape index (κ3) is 5.57. The van der Waals surface area contributed by atoms with Gasteiger partial charge in [-0.25, -0.2) is 4.79 Å². The standard InChI is InChI=1S/C25H26N2O5S/c28-23(29)15-33-12-11-26-24(30)16-9-10-17(13-16)27-25(31)32-14-22-20-7-3-1-5-18(20)19-6-2-4-8-21(19)22/h1-10,16-17,22H,11-15H2,(H,26,30)(H,27,31)(H,28,29). The molecule has 172 valence electrons. The van der Waals surface area contributed by atoms with E-state index in [0.717, 1.165) is 11.1 Å². The van der Waals surface area contributed by atoms with E-state index in [1.165, 1.54) is 22.9 Å². The van der Waals surface area contributed by atoms with Gasteiger partial charge in [0.1, 0.15) is 6.61 Å². The summed E-state index contributed by atoms with van der Waals surface area (Å²) in [5.41, 5.74) is 4.67. The Balaban J connectivity index is 1.23. The Morgan fingerprint density at radius 3 is 2.33 bits per heavy atom. The first kappa shape index (κ1) is 22.9. The number of alkyl carbamates (subject to hydrolysis) is 1. The predicted octanol–water partition coefficient (Wildman–Crippen LogP) is 3.40. The van der Waals surface area contributed by atoms with Crippen molar-refractivity contribution < 1.29 is 24.2 Å². The van der Waals surface area contributed by atoms with Gasteiger partial charge < -0.3 is 20.5 Å². The van der Waals surface area contributed by atoms with Crippen LogP contribution in [0.15, 0.2) is 60.7 Å². The molecule has 2 aromatic carbocycles. The van der Waals surface area contributed by atoms with Crippen LogP contribution < -0.4 is 10.6 Å². The molecule has 0 fully saturated rings. The van der Waals surface area contributed by atoms with Gasteiger partial charge in [0.25, 0.3) is 0 Å². The Kier molecular flexibility index (Phi) is 7.34. The number of aliphatic carboxylic acids is 1. The van der Waals surface area contributed by atoms with Gasteiger partial charge in [-0.1, -0.05) is 60.7 Å². The molecule has 7 nitrogen and oxygen atoms in total. The van der Waals surface area contributed by atoms with E-state index in [-0.39, 0.29) is 36.1 Å². The second-order valence-corrected chi connectivity index (χ2v) is 9.15. The normalized spacial score (nSPS) is 18.4. The van der Waals surface area contributed by atoms with E-state index in [4.69, 9.17) is 9.84 Å². The zero-order chi connectivity index (χ0) is 23.2. The molecule has 0 aromatic heterocycles. The van der Waals surface area contributed by atoms with E-state index in [1.807, 2.05) is 30.3 Å². The molecule has 0 saturated carbocycles. The molecule has 2 amide bonds. The maximum absolute atomic E-state index is 12.4. The average Bonchev–Trinajstić information content (AvgIpc) is 3.40. The molecule has 0 spiro atoms. The molecule has 2 aliphatic rings. The van der Waals surface area contributed by atoms with Crippen molar-refractivity contribution in [2.45, 2.75) is 18.4 Å². The number of carbonyl (C=O) groups is 3. The van der Waals surface area contributed by atoms with Crippen LogP contribution in [-0.4, -0.2) is 53.8 Å². The number of rotatable bonds is 9. The fourth-order valence-corrected chi connectivity index (χ4v) is 4.89. The molecule has 2 aliphatic carbocycles. The third-order valence-corrected chi connectivity index (χ3v) is 6.78. The number of hydrogen-bond donors (Lipinski definition) is 3. The highest BCUT2D eigenvalue weighted by Gasteiger charge is 2.30. The predicted molar refractivity (Wildman–Crippen MR) is 127 cm³/mol.